The Morgan fingerprint density at radius 2 is 1.68 bits per heavy atom. The molecule has 0 unspecified atom stereocenters. The summed E-state index contributed by atoms with van der Waals surface area (Å²) in [7, 11) is -0.306. The van der Waals surface area contributed by atoms with Crippen molar-refractivity contribution < 1.29 is 23.6 Å². The van der Waals surface area contributed by atoms with Crippen LogP contribution >= 0.6 is 0 Å². The summed E-state index contributed by atoms with van der Waals surface area (Å²) < 4.78 is 23.2. The van der Waals surface area contributed by atoms with Crippen LogP contribution < -0.4 is 10.2 Å². The van der Waals surface area contributed by atoms with Gasteiger partial charge in [-0.05, 0) is 38.4 Å². The fraction of sp³-hybridized carbons (Fsp3) is 0.667. The van der Waals surface area contributed by atoms with Crippen LogP contribution in [0.4, 0.5) is 4.79 Å². The van der Waals surface area contributed by atoms with E-state index < -0.39 is 5.60 Å². The fourth-order valence-electron chi connectivity index (χ4n) is 3.26. The van der Waals surface area contributed by atoms with Gasteiger partial charge in [-0.1, -0.05) is 26.0 Å². The van der Waals surface area contributed by atoms with Gasteiger partial charge < -0.3 is 23.7 Å². The molecule has 7 heteroatoms. The molecule has 2 aliphatic rings. The molecule has 0 bridgehead atoms. The first-order valence-corrected chi connectivity index (χ1v) is 10.1. The topological polar surface area (TPSA) is 57.2 Å². The van der Waals surface area contributed by atoms with Crippen molar-refractivity contribution in [1.29, 1.82) is 0 Å². The zero-order valence-corrected chi connectivity index (χ0v) is 17.7. The van der Waals surface area contributed by atoms with Crippen LogP contribution in [0.25, 0.3) is 0 Å². The van der Waals surface area contributed by atoms with E-state index in [1.165, 1.54) is 0 Å². The quantitative estimate of drug-likeness (QED) is 0.743. The summed E-state index contributed by atoms with van der Waals surface area (Å²) in [5.74, 6) is 0.829. The van der Waals surface area contributed by atoms with Gasteiger partial charge in [0, 0.05) is 44.6 Å². The number of hydrogen-bond acceptors (Lipinski definition) is 5. The number of carbonyl (C=O) groups excluding carboxylic acids is 1. The molecule has 0 spiro atoms. The van der Waals surface area contributed by atoms with E-state index in [4.69, 9.17) is 18.8 Å². The maximum atomic E-state index is 12.1. The smallest absolute Gasteiger partial charge is 0.490 e. The monoisotopic (exact) mass is 389 g/mol. The van der Waals surface area contributed by atoms with E-state index in [0.717, 1.165) is 24.1 Å². The third-order valence-corrected chi connectivity index (χ3v) is 4.80. The minimum Gasteiger partial charge on any atom is -0.490 e. The van der Waals surface area contributed by atoms with Crippen molar-refractivity contribution in [2.45, 2.75) is 59.2 Å². The molecule has 6 nitrogen and oxygen atoms in total. The van der Waals surface area contributed by atoms with Crippen LogP contribution in [0.1, 0.15) is 47.5 Å². The molecule has 2 fully saturated rings. The Labute approximate surface area is 168 Å². The Hall–Kier alpha value is -1.73. The Morgan fingerprint density at radius 3 is 2.21 bits per heavy atom. The second-order valence-corrected chi connectivity index (χ2v) is 9.47. The van der Waals surface area contributed by atoms with Crippen molar-refractivity contribution in [3.8, 4) is 5.75 Å². The maximum absolute atomic E-state index is 12.1. The summed E-state index contributed by atoms with van der Waals surface area (Å²) in [6.45, 7) is 12.6. The molecular formula is C21H32BNO5. The molecule has 28 heavy (non-hydrogen) atoms. The fourth-order valence-corrected chi connectivity index (χ4v) is 3.26. The molecule has 3 rings (SSSR count). The van der Waals surface area contributed by atoms with Gasteiger partial charge in [0.1, 0.15) is 17.5 Å². The molecule has 1 amide bonds. The van der Waals surface area contributed by atoms with E-state index in [0.29, 0.717) is 26.3 Å². The molecule has 1 aromatic carbocycles. The van der Waals surface area contributed by atoms with Crippen molar-refractivity contribution in [2.75, 3.05) is 26.3 Å². The van der Waals surface area contributed by atoms with Crippen LogP contribution in [-0.2, 0) is 14.0 Å². The maximum Gasteiger partial charge on any atom is 0.493 e. The minimum absolute atomic E-state index is 0.0632. The molecule has 0 saturated carbocycles. The second kappa shape index (κ2) is 8.33. The predicted octanol–water partition coefficient (Wildman–Crippen LogP) is 3.23. The van der Waals surface area contributed by atoms with Gasteiger partial charge in [-0.15, -0.1) is 0 Å². The third kappa shape index (κ3) is 5.88. The van der Waals surface area contributed by atoms with Gasteiger partial charge in [-0.25, -0.2) is 4.79 Å². The van der Waals surface area contributed by atoms with Crippen LogP contribution in [0, 0.1) is 5.41 Å². The van der Waals surface area contributed by atoms with E-state index in [1.807, 2.05) is 45.0 Å². The Bertz CT molecular complexity index is 652. The highest BCUT2D eigenvalue weighted by Crippen LogP contribution is 2.23. The lowest BCUT2D eigenvalue weighted by Crippen LogP contribution is -2.47. The number of ether oxygens (including phenoxy) is 2. The second-order valence-electron chi connectivity index (χ2n) is 9.47. The van der Waals surface area contributed by atoms with Crippen molar-refractivity contribution in [2.24, 2.45) is 5.41 Å². The molecular weight excluding hydrogens is 357 g/mol. The van der Waals surface area contributed by atoms with Crippen LogP contribution in [0.15, 0.2) is 24.3 Å². The highest BCUT2D eigenvalue weighted by atomic mass is 16.6. The summed E-state index contributed by atoms with van der Waals surface area (Å²) in [5.41, 5.74) is 0.601. The first-order chi connectivity index (χ1) is 13.1. The number of hydrogen-bond donors (Lipinski definition) is 0. The first kappa shape index (κ1) is 21.0. The van der Waals surface area contributed by atoms with Gasteiger partial charge >= 0.3 is 13.2 Å². The van der Waals surface area contributed by atoms with Crippen LogP contribution in [0.5, 0.6) is 5.75 Å². The molecule has 2 aliphatic heterocycles. The van der Waals surface area contributed by atoms with Crippen molar-refractivity contribution in [1.82, 2.24) is 4.90 Å². The van der Waals surface area contributed by atoms with Gasteiger partial charge in [0.2, 0.25) is 0 Å². The Kier molecular flexibility index (Phi) is 6.25. The van der Waals surface area contributed by atoms with E-state index in [9.17, 15) is 4.79 Å². The molecule has 2 saturated heterocycles. The number of likely N-dealkylation sites (tertiary alicyclic amines) is 1. The van der Waals surface area contributed by atoms with Crippen LogP contribution in [0.2, 0.25) is 0 Å². The summed E-state index contributed by atoms with van der Waals surface area (Å²) in [6.07, 6.45) is 1.45. The number of nitrogens with zero attached hydrogens (tertiary/aromatic N) is 1. The Balaban J connectivity index is 1.46. The number of piperidine rings is 1. The van der Waals surface area contributed by atoms with Crippen LogP contribution in [0.3, 0.4) is 0 Å². The molecule has 0 N–H and O–H groups in total. The van der Waals surface area contributed by atoms with Crippen LogP contribution in [-0.4, -0.2) is 56.1 Å². The minimum atomic E-state index is -0.465. The summed E-state index contributed by atoms with van der Waals surface area (Å²) in [6, 6.07) is 7.91. The lowest BCUT2D eigenvalue weighted by molar-refractivity contribution is 0.0126. The predicted molar refractivity (Wildman–Crippen MR) is 109 cm³/mol. The third-order valence-electron chi connectivity index (χ3n) is 4.80. The van der Waals surface area contributed by atoms with E-state index >= 15 is 0 Å². The molecule has 0 aliphatic carbocycles. The average molecular weight is 389 g/mol. The molecule has 1 aromatic rings. The molecule has 0 radical (unpaired) electrons. The lowest BCUT2D eigenvalue weighted by atomic mass is 9.76. The van der Waals surface area contributed by atoms with E-state index in [-0.39, 0.29) is 24.7 Å². The van der Waals surface area contributed by atoms with Crippen molar-refractivity contribution >= 4 is 18.7 Å². The van der Waals surface area contributed by atoms with Gasteiger partial charge in [0.25, 0.3) is 0 Å². The van der Waals surface area contributed by atoms with Gasteiger partial charge in [0.15, 0.2) is 0 Å². The standard InChI is InChI=1S/C21H32BNO5/c1-20(2,3)28-19(24)23-12-10-18(11-13-23)27-17-8-6-16(7-9-17)22-25-14-21(4,5)15-26-22/h6-9,18H,10-15H2,1-5H3. The SMILES string of the molecule is CC1(C)COB(c2ccc(OC3CCN(C(=O)OC(C)(C)C)CC3)cc2)OC1. The van der Waals surface area contributed by atoms with Crippen molar-refractivity contribution in [3.05, 3.63) is 24.3 Å². The lowest BCUT2D eigenvalue weighted by Gasteiger charge is -2.34. The normalized spacial score (nSPS) is 20.8. The zero-order chi connectivity index (χ0) is 20.4. The number of carbonyl (C=O) groups is 1. The number of benzene rings is 1. The average Bonchev–Trinajstić information content (AvgIpc) is 2.62. The van der Waals surface area contributed by atoms with E-state index in [1.54, 1.807) is 4.90 Å². The molecule has 0 atom stereocenters. The zero-order valence-electron chi connectivity index (χ0n) is 17.7. The first-order valence-electron chi connectivity index (χ1n) is 10.1. The molecule has 2 heterocycles. The van der Waals surface area contributed by atoms with Gasteiger partial charge in [-0.2, -0.15) is 0 Å². The molecule has 154 valence electrons. The summed E-state index contributed by atoms with van der Waals surface area (Å²) in [4.78, 5) is 13.9. The summed E-state index contributed by atoms with van der Waals surface area (Å²) >= 11 is 0. The number of amides is 1. The van der Waals surface area contributed by atoms with Gasteiger partial charge in [-0.3, -0.25) is 0 Å². The highest BCUT2D eigenvalue weighted by Gasteiger charge is 2.33. The van der Waals surface area contributed by atoms with Crippen molar-refractivity contribution in [3.63, 3.8) is 0 Å². The van der Waals surface area contributed by atoms with E-state index in [2.05, 4.69) is 13.8 Å². The largest absolute Gasteiger partial charge is 0.493 e. The number of rotatable bonds is 3. The summed E-state index contributed by atoms with van der Waals surface area (Å²) in [5, 5.41) is 0. The molecule has 0 aromatic heterocycles. The Morgan fingerprint density at radius 1 is 1.11 bits per heavy atom. The van der Waals surface area contributed by atoms with Gasteiger partial charge in [0.05, 0.1) is 0 Å². The highest BCUT2D eigenvalue weighted by molar-refractivity contribution is 6.61.